The molecule has 2 N–H and O–H groups in total. The fourth-order valence-corrected chi connectivity index (χ4v) is 4.61. The first-order valence-corrected chi connectivity index (χ1v) is 13.9. The summed E-state index contributed by atoms with van der Waals surface area (Å²) < 4.78 is 26.7. The Kier molecular flexibility index (Phi) is 8.26. The van der Waals surface area contributed by atoms with Crippen LogP contribution >= 0.6 is 15.9 Å². The van der Waals surface area contributed by atoms with Crippen LogP contribution in [0.4, 0.5) is 17.1 Å². The number of hydrogen-bond acceptors (Lipinski definition) is 4. The van der Waals surface area contributed by atoms with Gasteiger partial charge in [0.1, 0.15) is 6.54 Å². The second kappa shape index (κ2) is 10.8. The number of nitrogens with zero attached hydrogens (tertiary/aromatic N) is 1. The number of hydrogen-bond donors (Lipinski definition) is 2. The Labute approximate surface area is 221 Å². The molecule has 2 amide bonds. The van der Waals surface area contributed by atoms with Crippen LogP contribution in [0.15, 0.2) is 71.2 Å². The third-order valence-corrected chi connectivity index (χ3v) is 7.56. The summed E-state index contributed by atoms with van der Waals surface area (Å²) in [6, 6.07) is 19.2. The molecule has 9 heteroatoms. The molecule has 0 atom stereocenters. The number of aryl methyl sites for hydroxylation is 1. The molecule has 0 unspecified atom stereocenters. The lowest BCUT2D eigenvalue weighted by atomic mass is 9.87. The molecular weight excluding hydrogens is 542 g/mol. The van der Waals surface area contributed by atoms with E-state index in [0.717, 1.165) is 26.2 Å². The van der Waals surface area contributed by atoms with Crippen molar-refractivity contribution in [2.45, 2.75) is 33.1 Å². The summed E-state index contributed by atoms with van der Waals surface area (Å²) in [5.74, 6) is -0.782. The highest BCUT2D eigenvalue weighted by Crippen LogP contribution is 2.25. The van der Waals surface area contributed by atoms with Crippen LogP contribution in [-0.2, 0) is 20.2 Å². The van der Waals surface area contributed by atoms with Crippen molar-refractivity contribution in [1.82, 2.24) is 0 Å². The molecule has 3 rings (SSSR count). The summed E-state index contributed by atoms with van der Waals surface area (Å²) in [5, 5.41) is 5.54. The van der Waals surface area contributed by atoms with Crippen LogP contribution in [0.25, 0.3) is 0 Å². The van der Waals surface area contributed by atoms with E-state index in [1.807, 2.05) is 19.1 Å². The molecule has 36 heavy (non-hydrogen) atoms. The van der Waals surface area contributed by atoms with Gasteiger partial charge >= 0.3 is 0 Å². The summed E-state index contributed by atoms with van der Waals surface area (Å²) in [7, 11) is -3.70. The van der Waals surface area contributed by atoms with Crippen LogP contribution in [0.5, 0.6) is 0 Å². The molecular formula is C27H30BrN3O4S. The predicted molar refractivity (Wildman–Crippen MR) is 149 cm³/mol. The molecule has 190 valence electrons. The largest absolute Gasteiger partial charge is 0.324 e. The van der Waals surface area contributed by atoms with E-state index >= 15 is 0 Å². The van der Waals surface area contributed by atoms with Crippen molar-refractivity contribution in [2.24, 2.45) is 0 Å². The highest BCUT2D eigenvalue weighted by molar-refractivity contribution is 9.10. The van der Waals surface area contributed by atoms with E-state index in [2.05, 4.69) is 47.3 Å². The summed E-state index contributed by atoms with van der Waals surface area (Å²) in [5.41, 5.74) is 3.81. The summed E-state index contributed by atoms with van der Waals surface area (Å²) in [6.45, 7) is 7.77. The fraction of sp³-hybridized carbons (Fsp3) is 0.259. The lowest BCUT2D eigenvalue weighted by molar-refractivity contribution is -0.114. The van der Waals surface area contributed by atoms with Gasteiger partial charge in [0.25, 0.3) is 5.91 Å². The minimum Gasteiger partial charge on any atom is -0.324 e. The van der Waals surface area contributed by atoms with Crippen LogP contribution in [0.3, 0.4) is 0 Å². The van der Waals surface area contributed by atoms with Crippen molar-refractivity contribution in [3.63, 3.8) is 0 Å². The number of anilines is 3. The Hall–Kier alpha value is -3.17. The molecule has 7 nitrogen and oxygen atoms in total. The number of benzene rings is 3. The van der Waals surface area contributed by atoms with Crippen LogP contribution in [0.1, 0.15) is 42.3 Å². The van der Waals surface area contributed by atoms with Gasteiger partial charge in [-0.15, -0.1) is 0 Å². The molecule has 0 aromatic heterocycles. The van der Waals surface area contributed by atoms with Gasteiger partial charge in [0.2, 0.25) is 15.9 Å². The van der Waals surface area contributed by atoms with Gasteiger partial charge in [0, 0.05) is 21.4 Å². The molecule has 0 aliphatic rings. The first-order chi connectivity index (χ1) is 16.7. The van der Waals surface area contributed by atoms with E-state index in [0.29, 0.717) is 22.6 Å². The molecule has 0 heterocycles. The number of halogens is 1. The van der Waals surface area contributed by atoms with Gasteiger partial charge < -0.3 is 10.6 Å². The molecule has 0 saturated carbocycles. The molecule has 0 bridgehead atoms. The SMILES string of the molecule is Cc1cc(N(CC(=O)Nc2cccc(NC(=O)c3ccc(C(C)(C)C)cc3)c2)S(C)(=O)=O)ccc1Br. The van der Waals surface area contributed by atoms with Gasteiger partial charge in [0.05, 0.1) is 11.9 Å². The van der Waals surface area contributed by atoms with Gasteiger partial charge in [0.15, 0.2) is 0 Å². The maximum Gasteiger partial charge on any atom is 0.255 e. The average Bonchev–Trinajstić information content (AvgIpc) is 2.78. The normalized spacial score (nSPS) is 11.6. The summed E-state index contributed by atoms with van der Waals surface area (Å²) in [6.07, 6.45) is 1.06. The highest BCUT2D eigenvalue weighted by atomic mass is 79.9. The zero-order valence-corrected chi connectivity index (χ0v) is 23.3. The second-order valence-corrected chi connectivity index (χ2v) is 12.4. The zero-order chi connectivity index (χ0) is 26.7. The van der Waals surface area contributed by atoms with E-state index in [1.165, 1.54) is 0 Å². The maximum absolute atomic E-state index is 12.7. The van der Waals surface area contributed by atoms with Crippen molar-refractivity contribution in [2.75, 3.05) is 27.7 Å². The number of rotatable bonds is 7. The van der Waals surface area contributed by atoms with Crippen LogP contribution in [0, 0.1) is 6.92 Å². The molecule has 0 aliphatic heterocycles. The van der Waals surface area contributed by atoms with Gasteiger partial charge in [-0.05, 0) is 72.0 Å². The minimum atomic E-state index is -3.70. The molecule has 0 spiro atoms. The number of nitrogens with one attached hydrogen (secondary N) is 2. The van der Waals surface area contributed by atoms with E-state index in [9.17, 15) is 18.0 Å². The predicted octanol–water partition coefficient (Wildman–Crippen LogP) is 5.71. The van der Waals surface area contributed by atoms with Crippen LogP contribution in [-0.4, -0.2) is 33.0 Å². The first-order valence-electron chi connectivity index (χ1n) is 11.3. The van der Waals surface area contributed by atoms with Crippen molar-refractivity contribution in [3.8, 4) is 0 Å². The van der Waals surface area contributed by atoms with E-state index < -0.39 is 22.5 Å². The smallest absolute Gasteiger partial charge is 0.255 e. The van der Waals surface area contributed by atoms with E-state index in [4.69, 9.17) is 0 Å². The summed E-state index contributed by atoms with van der Waals surface area (Å²) >= 11 is 3.40. The quantitative estimate of drug-likeness (QED) is 0.379. The lowest BCUT2D eigenvalue weighted by Crippen LogP contribution is -2.37. The molecule has 3 aromatic rings. The summed E-state index contributed by atoms with van der Waals surface area (Å²) in [4.78, 5) is 25.4. The lowest BCUT2D eigenvalue weighted by Gasteiger charge is -2.22. The number of amides is 2. The van der Waals surface area contributed by atoms with Crippen LogP contribution in [0.2, 0.25) is 0 Å². The van der Waals surface area contributed by atoms with E-state index in [-0.39, 0.29) is 11.3 Å². The van der Waals surface area contributed by atoms with Crippen molar-refractivity contribution >= 4 is 54.8 Å². The molecule has 0 aliphatic carbocycles. The van der Waals surface area contributed by atoms with Crippen molar-refractivity contribution < 1.29 is 18.0 Å². The minimum absolute atomic E-state index is 0.00950. The molecule has 0 fully saturated rings. The Morgan fingerprint density at radius 1 is 0.917 bits per heavy atom. The Balaban J connectivity index is 1.70. The number of carbonyl (C=O) groups excluding carboxylic acids is 2. The number of sulfonamides is 1. The zero-order valence-electron chi connectivity index (χ0n) is 20.9. The monoisotopic (exact) mass is 571 g/mol. The average molecular weight is 573 g/mol. The van der Waals surface area contributed by atoms with Gasteiger partial charge in [-0.1, -0.05) is 54.9 Å². The highest BCUT2D eigenvalue weighted by Gasteiger charge is 2.21. The standard InChI is InChI=1S/C27H30BrN3O4S/c1-18-15-23(13-14-24(18)28)31(36(5,34)35)17-25(32)29-21-7-6-8-22(16-21)30-26(33)19-9-11-20(12-10-19)27(2,3)4/h6-16H,17H2,1-5H3,(H,29,32)(H,30,33). The first kappa shape index (κ1) is 27.4. The Morgan fingerprint density at radius 2 is 1.53 bits per heavy atom. The Bertz CT molecular complexity index is 1380. The van der Waals surface area contributed by atoms with E-state index in [1.54, 1.807) is 54.6 Å². The van der Waals surface area contributed by atoms with Gasteiger partial charge in [-0.2, -0.15) is 0 Å². The number of carbonyl (C=O) groups is 2. The maximum atomic E-state index is 12.7. The molecule has 0 radical (unpaired) electrons. The van der Waals surface area contributed by atoms with Crippen molar-refractivity contribution in [1.29, 1.82) is 0 Å². The van der Waals surface area contributed by atoms with Crippen molar-refractivity contribution in [3.05, 3.63) is 87.9 Å². The fourth-order valence-electron chi connectivity index (χ4n) is 3.51. The van der Waals surface area contributed by atoms with Gasteiger partial charge in [-0.3, -0.25) is 13.9 Å². The Morgan fingerprint density at radius 3 is 2.08 bits per heavy atom. The third kappa shape index (κ3) is 7.18. The topological polar surface area (TPSA) is 95.6 Å². The van der Waals surface area contributed by atoms with Crippen LogP contribution < -0.4 is 14.9 Å². The second-order valence-electron chi connectivity index (χ2n) is 9.61. The third-order valence-electron chi connectivity index (χ3n) is 5.53. The van der Waals surface area contributed by atoms with Gasteiger partial charge in [-0.25, -0.2) is 8.42 Å². The molecule has 0 saturated heterocycles. The molecule has 3 aromatic carbocycles.